The summed E-state index contributed by atoms with van der Waals surface area (Å²) in [4.78, 5) is 13.9. The lowest BCUT2D eigenvalue weighted by Crippen LogP contribution is -2.41. The first-order valence-corrected chi connectivity index (χ1v) is 8.04. The predicted octanol–water partition coefficient (Wildman–Crippen LogP) is 2.77. The first-order chi connectivity index (χ1) is 10.2. The molecule has 0 atom stereocenters. The molecule has 4 nitrogen and oxygen atoms in total. The highest BCUT2D eigenvalue weighted by atomic mass is 35.5. The second kappa shape index (κ2) is 5.26. The first-order valence-electron chi connectivity index (χ1n) is 7.67. The number of halogens is 1. The topological polar surface area (TPSA) is 38.8 Å². The van der Waals surface area contributed by atoms with Crippen LogP contribution < -0.4 is 10.4 Å². The van der Waals surface area contributed by atoms with E-state index in [4.69, 9.17) is 20.9 Å². The number of nitrogens with zero attached hydrogens (tertiary/aromatic N) is 1. The molecule has 1 amide bonds. The molecule has 118 valence electrons. The lowest BCUT2D eigenvalue weighted by molar-refractivity contribution is -0.117. The van der Waals surface area contributed by atoms with Crippen LogP contribution in [0.3, 0.4) is 0 Å². The molecule has 0 aromatic heterocycles. The second-order valence-electron chi connectivity index (χ2n) is 6.94. The molecule has 2 saturated heterocycles. The molecule has 0 N–H and O–H groups in total. The van der Waals surface area contributed by atoms with Crippen molar-refractivity contribution in [1.29, 1.82) is 0 Å². The largest absolute Gasteiger partial charge is 0.497 e. The zero-order valence-corrected chi connectivity index (χ0v) is 14.2. The van der Waals surface area contributed by atoms with Gasteiger partial charge in [-0.05, 0) is 52.3 Å². The standard InChI is InChI=1S/C16H21BClNO3/c1-15(2)16(3,4)22-17(21-15)12-10-11(18)7-8-13(12)19-9-5-6-14(19)20/h7-8,10H,5-6,9H2,1-4H3. The van der Waals surface area contributed by atoms with E-state index in [2.05, 4.69) is 0 Å². The van der Waals surface area contributed by atoms with Crippen molar-refractivity contribution in [1.82, 2.24) is 0 Å². The number of rotatable bonds is 2. The summed E-state index contributed by atoms with van der Waals surface area (Å²) in [6.07, 6.45) is 1.47. The fourth-order valence-corrected chi connectivity index (χ4v) is 3.01. The van der Waals surface area contributed by atoms with Crippen molar-refractivity contribution >= 4 is 35.8 Å². The molecule has 1 aromatic carbocycles. The van der Waals surface area contributed by atoms with E-state index in [1.54, 1.807) is 11.0 Å². The third-order valence-electron chi connectivity index (χ3n) is 4.86. The fourth-order valence-electron chi connectivity index (χ4n) is 2.83. The van der Waals surface area contributed by atoms with E-state index in [0.29, 0.717) is 11.4 Å². The van der Waals surface area contributed by atoms with Crippen LogP contribution in [0.2, 0.25) is 5.02 Å². The summed E-state index contributed by atoms with van der Waals surface area (Å²) in [5.41, 5.74) is 0.810. The Kier molecular flexibility index (Phi) is 3.79. The summed E-state index contributed by atoms with van der Waals surface area (Å²) in [5, 5.41) is 0.611. The summed E-state index contributed by atoms with van der Waals surface area (Å²) in [7, 11) is -0.521. The van der Waals surface area contributed by atoms with Gasteiger partial charge in [0.1, 0.15) is 0 Å². The zero-order valence-electron chi connectivity index (χ0n) is 13.5. The molecule has 2 aliphatic heterocycles. The molecular weight excluding hydrogens is 300 g/mol. The molecule has 2 heterocycles. The number of benzene rings is 1. The monoisotopic (exact) mass is 321 g/mol. The van der Waals surface area contributed by atoms with Gasteiger partial charge in [-0.15, -0.1) is 0 Å². The molecule has 3 rings (SSSR count). The highest BCUT2D eigenvalue weighted by Crippen LogP contribution is 2.37. The van der Waals surface area contributed by atoms with Crippen molar-refractivity contribution in [2.45, 2.75) is 51.7 Å². The molecule has 0 radical (unpaired) electrons. The van der Waals surface area contributed by atoms with Crippen LogP contribution in [0.1, 0.15) is 40.5 Å². The Morgan fingerprint density at radius 3 is 2.36 bits per heavy atom. The van der Waals surface area contributed by atoms with Gasteiger partial charge in [0, 0.05) is 29.1 Å². The molecule has 2 aliphatic rings. The maximum absolute atomic E-state index is 12.1. The van der Waals surface area contributed by atoms with Gasteiger partial charge in [0.05, 0.1) is 11.2 Å². The molecule has 22 heavy (non-hydrogen) atoms. The maximum Gasteiger partial charge on any atom is 0.497 e. The Balaban J connectivity index is 2.00. The van der Waals surface area contributed by atoms with Gasteiger partial charge >= 0.3 is 7.12 Å². The van der Waals surface area contributed by atoms with Crippen LogP contribution in [0.15, 0.2) is 18.2 Å². The molecule has 0 aliphatic carbocycles. The number of carbonyl (C=O) groups is 1. The van der Waals surface area contributed by atoms with Crippen molar-refractivity contribution in [3.05, 3.63) is 23.2 Å². The highest BCUT2D eigenvalue weighted by molar-refractivity contribution is 6.64. The molecule has 0 bridgehead atoms. The van der Waals surface area contributed by atoms with E-state index in [0.717, 1.165) is 24.1 Å². The van der Waals surface area contributed by atoms with E-state index in [9.17, 15) is 4.79 Å². The average Bonchev–Trinajstić information content (AvgIpc) is 2.91. The van der Waals surface area contributed by atoms with Gasteiger partial charge in [-0.3, -0.25) is 4.79 Å². The molecule has 0 unspecified atom stereocenters. The van der Waals surface area contributed by atoms with Crippen LogP contribution >= 0.6 is 11.6 Å². The normalized spacial score (nSPS) is 23.4. The zero-order chi connectivity index (χ0) is 16.1. The first kappa shape index (κ1) is 15.8. The number of amides is 1. The number of carbonyl (C=O) groups excluding carboxylic acids is 1. The van der Waals surface area contributed by atoms with E-state index < -0.39 is 18.3 Å². The average molecular weight is 322 g/mol. The van der Waals surface area contributed by atoms with E-state index in [1.807, 2.05) is 39.8 Å². The van der Waals surface area contributed by atoms with Crippen LogP contribution in [-0.2, 0) is 14.1 Å². The fraction of sp³-hybridized carbons (Fsp3) is 0.562. The summed E-state index contributed by atoms with van der Waals surface area (Å²) in [5.74, 6) is 0.139. The van der Waals surface area contributed by atoms with Gasteiger partial charge in [0.25, 0.3) is 0 Å². The highest BCUT2D eigenvalue weighted by Gasteiger charge is 2.52. The predicted molar refractivity (Wildman–Crippen MR) is 88.8 cm³/mol. The SMILES string of the molecule is CC1(C)OB(c2cc(Cl)ccc2N2CCCC2=O)OC1(C)C. The van der Waals surface area contributed by atoms with Crippen LogP contribution in [0, 0.1) is 0 Å². The quantitative estimate of drug-likeness (QED) is 0.786. The molecule has 6 heteroatoms. The van der Waals surface area contributed by atoms with Gasteiger partial charge in [-0.25, -0.2) is 0 Å². The third-order valence-corrected chi connectivity index (χ3v) is 5.10. The Morgan fingerprint density at radius 2 is 1.82 bits per heavy atom. The van der Waals surface area contributed by atoms with Gasteiger partial charge in [-0.2, -0.15) is 0 Å². The number of anilines is 1. The minimum atomic E-state index is -0.521. The minimum Gasteiger partial charge on any atom is -0.399 e. The van der Waals surface area contributed by atoms with Gasteiger partial charge in [0.15, 0.2) is 0 Å². The van der Waals surface area contributed by atoms with Crippen LogP contribution in [0.4, 0.5) is 5.69 Å². The second-order valence-corrected chi connectivity index (χ2v) is 7.38. The molecule has 2 fully saturated rings. The summed E-state index contributed by atoms with van der Waals surface area (Å²) >= 11 is 6.17. The lowest BCUT2D eigenvalue weighted by Gasteiger charge is -2.32. The minimum absolute atomic E-state index is 0.139. The molecular formula is C16H21BClNO3. The van der Waals surface area contributed by atoms with Crippen molar-refractivity contribution in [2.75, 3.05) is 11.4 Å². The molecule has 0 spiro atoms. The summed E-state index contributed by atoms with van der Waals surface area (Å²) in [6.45, 7) is 8.78. The van der Waals surface area contributed by atoms with Crippen molar-refractivity contribution < 1.29 is 14.1 Å². The molecule has 0 saturated carbocycles. The van der Waals surface area contributed by atoms with Crippen LogP contribution in [-0.4, -0.2) is 30.8 Å². The Labute approximate surface area is 136 Å². The smallest absolute Gasteiger partial charge is 0.399 e. The van der Waals surface area contributed by atoms with Gasteiger partial charge in [-0.1, -0.05) is 11.6 Å². The summed E-state index contributed by atoms with van der Waals surface area (Å²) < 4.78 is 12.2. The Hall–Kier alpha value is -1.04. The van der Waals surface area contributed by atoms with Crippen molar-refractivity contribution in [2.24, 2.45) is 0 Å². The van der Waals surface area contributed by atoms with Gasteiger partial charge < -0.3 is 14.2 Å². The lowest BCUT2D eigenvalue weighted by atomic mass is 9.77. The van der Waals surface area contributed by atoms with Crippen LogP contribution in [0.5, 0.6) is 0 Å². The molecule has 1 aromatic rings. The Bertz CT molecular complexity index is 601. The maximum atomic E-state index is 12.1. The van der Waals surface area contributed by atoms with Crippen LogP contribution in [0.25, 0.3) is 0 Å². The van der Waals surface area contributed by atoms with E-state index >= 15 is 0 Å². The van der Waals surface area contributed by atoms with E-state index in [1.165, 1.54) is 0 Å². The van der Waals surface area contributed by atoms with E-state index in [-0.39, 0.29) is 5.91 Å². The Morgan fingerprint density at radius 1 is 1.18 bits per heavy atom. The number of hydrogen-bond donors (Lipinski definition) is 0. The van der Waals surface area contributed by atoms with Gasteiger partial charge in [0.2, 0.25) is 5.91 Å². The number of hydrogen-bond acceptors (Lipinski definition) is 3. The third kappa shape index (κ3) is 2.55. The van der Waals surface area contributed by atoms with Crippen molar-refractivity contribution in [3.63, 3.8) is 0 Å². The van der Waals surface area contributed by atoms with Crippen molar-refractivity contribution in [3.8, 4) is 0 Å². The summed E-state index contributed by atoms with van der Waals surface area (Å²) in [6, 6.07) is 5.52.